The molecule has 1 atom stereocenters. The summed E-state index contributed by atoms with van der Waals surface area (Å²) < 4.78 is 5.25. The average Bonchev–Trinajstić information content (AvgIpc) is 2.66. The first-order chi connectivity index (χ1) is 12.6. The first-order valence-electron chi connectivity index (χ1n) is 8.28. The summed E-state index contributed by atoms with van der Waals surface area (Å²) in [6.45, 7) is 2.03. The molecule has 26 heavy (non-hydrogen) atoms. The SMILES string of the molecule is CC(NC(=O)OCc1ccccc1)c1ccc(C(=O)O)c2ccccc12. The van der Waals surface area contributed by atoms with Gasteiger partial charge in [0.1, 0.15) is 6.61 Å². The molecule has 0 radical (unpaired) electrons. The minimum Gasteiger partial charge on any atom is -0.478 e. The molecule has 3 rings (SSSR count). The molecule has 1 amide bonds. The number of alkyl carbamates (subject to hydrolysis) is 1. The Morgan fingerprint density at radius 3 is 2.31 bits per heavy atom. The molecule has 0 saturated heterocycles. The predicted octanol–water partition coefficient (Wildman–Crippen LogP) is 4.53. The standard InChI is InChI=1S/C21H19NO4/c1-14(22-21(25)26-13-15-7-3-2-4-8-15)16-11-12-19(20(23)24)18-10-6-5-9-17(16)18/h2-12,14H,13H2,1H3,(H,22,25)(H,23,24). The molecule has 0 aliphatic heterocycles. The minimum atomic E-state index is -0.976. The summed E-state index contributed by atoms with van der Waals surface area (Å²) in [4.78, 5) is 23.5. The van der Waals surface area contributed by atoms with Crippen LogP contribution in [0.1, 0.15) is 34.5 Å². The van der Waals surface area contributed by atoms with Gasteiger partial charge in [-0.05, 0) is 34.9 Å². The average molecular weight is 349 g/mol. The number of hydrogen-bond acceptors (Lipinski definition) is 3. The van der Waals surface area contributed by atoms with Crippen molar-refractivity contribution in [2.45, 2.75) is 19.6 Å². The van der Waals surface area contributed by atoms with E-state index in [0.717, 1.165) is 16.5 Å². The second kappa shape index (κ2) is 7.70. The van der Waals surface area contributed by atoms with Gasteiger partial charge in [-0.2, -0.15) is 0 Å². The summed E-state index contributed by atoms with van der Waals surface area (Å²) in [6.07, 6.45) is -0.521. The van der Waals surface area contributed by atoms with Crippen molar-refractivity contribution in [2.24, 2.45) is 0 Å². The molecular formula is C21H19NO4. The zero-order valence-electron chi connectivity index (χ0n) is 14.3. The van der Waals surface area contributed by atoms with Crippen LogP contribution in [-0.2, 0) is 11.3 Å². The number of nitrogens with one attached hydrogen (secondary N) is 1. The fraction of sp³-hybridized carbons (Fsp3) is 0.143. The number of aromatic carboxylic acids is 1. The maximum atomic E-state index is 12.1. The third kappa shape index (κ3) is 3.83. The second-order valence-electron chi connectivity index (χ2n) is 5.98. The molecular weight excluding hydrogens is 330 g/mol. The maximum Gasteiger partial charge on any atom is 0.407 e. The Labute approximate surface area is 151 Å². The monoisotopic (exact) mass is 349 g/mol. The zero-order valence-corrected chi connectivity index (χ0v) is 14.3. The number of carbonyl (C=O) groups is 2. The van der Waals surface area contributed by atoms with Gasteiger partial charge in [0.05, 0.1) is 11.6 Å². The molecule has 0 aliphatic carbocycles. The van der Waals surface area contributed by atoms with Crippen molar-refractivity contribution < 1.29 is 19.4 Å². The lowest BCUT2D eigenvalue weighted by atomic mass is 9.96. The number of carbonyl (C=O) groups excluding carboxylic acids is 1. The van der Waals surface area contributed by atoms with Crippen LogP contribution in [0, 0.1) is 0 Å². The van der Waals surface area contributed by atoms with E-state index < -0.39 is 12.1 Å². The van der Waals surface area contributed by atoms with Crippen molar-refractivity contribution >= 4 is 22.8 Å². The molecule has 0 heterocycles. The fourth-order valence-electron chi connectivity index (χ4n) is 2.91. The summed E-state index contributed by atoms with van der Waals surface area (Å²) >= 11 is 0. The lowest BCUT2D eigenvalue weighted by molar-refractivity contribution is 0.0699. The van der Waals surface area contributed by atoms with Crippen LogP contribution in [0.3, 0.4) is 0 Å². The van der Waals surface area contributed by atoms with Gasteiger partial charge in [-0.1, -0.05) is 60.7 Å². The Bertz CT molecular complexity index is 937. The molecule has 1 unspecified atom stereocenters. The van der Waals surface area contributed by atoms with Crippen LogP contribution in [0.25, 0.3) is 10.8 Å². The maximum absolute atomic E-state index is 12.1. The van der Waals surface area contributed by atoms with Crippen LogP contribution in [-0.4, -0.2) is 17.2 Å². The van der Waals surface area contributed by atoms with Crippen molar-refractivity contribution in [3.8, 4) is 0 Å². The van der Waals surface area contributed by atoms with E-state index >= 15 is 0 Å². The summed E-state index contributed by atoms with van der Waals surface area (Å²) in [6, 6.07) is 19.7. The van der Waals surface area contributed by atoms with Gasteiger partial charge in [-0.3, -0.25) is 0 Å². The fourth-order valence-corrected chi connectivity index (χ4v) is 2.91. The third-order valence-electron chi connectivity index (χ3n) is 4.20. The molecule has 0 saturated carbocycles. The second-order valence-corrected chi connectivity index (χ2v) is 5.98. The lowest BCUT2D eigenvalue weighted by Gasteiger charge is -2.17. The van der Waals surface area contributed by atoms with Crippen molar-refractivity contribution in [1.82, 2.24) is 5.32 Å². The number of amides is 1. The van der Waals surface area contributed by atoms with Gasteiger partial charge in [0, 0.05) is 0 Å². The Balaban J connectivity index is 1.75. The normalized spacial score (nSPS) is 11.7. The van der Waals surface area contributed by atoms with Gasteiger partial charge in [0.15, 0.2) is 0 Å². The summed E-state index contributed by atoms with van der Waals surface area (Å²) in [5, 5.41) is 13.6. The van der Waals surface area contributed by atoms with Crippen LogP contribution in [0.2, 0.25) is 0 Å². The molecule has 3 aromatic carbocycles. The van der Waals surface area contributed by atoms with Gasteiger partial charge in [-0.25, -0.2) is 9.59 Å². The largest absolute Gasteiger partial charge is 0.478 e. The lowest BCUT2D eigenvalue weighted by Crippen LogP contribution is -2.27. The minimum absolute atomic E-state index is 0.193. The van der Waals surface area contributed by atoms with E-state index in [4.69, 9.17) is 4.74 Å². The third-order valence-corrected chi connectivity index (χ3v) is 4.20. The highest BCUT2D eigenvalue weighted by Gasteiger charge is 2.16. The summed E-state index contributed by atoms with van der Waals surface area (Å²) in [5.41, 5.74) is 1.98. The number of rotatable bonds is 5. The first-order valence-corrected chi connectivity index (χ1v) is 8.28. The van der Waals surface area contributed by atoms with E-state index in [9.17, 15) is 14.7 Å². The van der Waals surface area contributed by atoms with Gasteiger partial charge in [0.2, 0.25) is 0 Å². The van der Waals surface area contributed by atoms with Crippen molar-refractivity contribution in [2.75, 3.05) is 0 Å². The summed E-state index contributed by atoms with van der Waals surface area (Å²) in [7, 11) is 0. The number of carboxylic acids is 1. The summed E-state index contributed by atoms with van der Waals surface area (Å²) in [5.74, 6) is -0.976. The van der Waals surface area contributed by atoms with Gasteiger partial charge >= 0.3 is 12.1 Å². The molecule has 0 spiro atoms. The van der Waals surface area contributed by atoms with Gasteiger partial charge < -0.3 is 15.2 Å². The zero-order chi connectivity index (χ0) is 18.5. The highest BCUT2D eigenvalue weighted by atomic mass is 16.5. The Morgan fingerprint density at radius 1 is 0.962 bits per heavy atom. The van der Waals surface area contributed by atoms with Crippen LogP contribution in [0.4, 0.5) is 4.79 Å². The molecule has 0 aliphatic rings. The Morgan fingerprint density at radius 2 is 1.62 bits per heavy atom. The molecule has 5 heteroatoms. The van der Waals surface area contributed by atoms with E-state index in [-0.39, 0.29) is 18.2 Å². The molecule has 5 nitrogen and oxygen atoms in total. The Hall–Kier alpha value is -3.34. The van der Waals surface area contributed by atoms with Crippen molar-refractivity contribution in [1.29, 1.82) is 0 Å². The number of fused-ring (bicyclic) bond motifs is 1. The molecule has 132 valence electrons. The van der Waals surface area contributed by atoms with Crippen molar-refractivity contribution in [3.63, 3.8) is 0 Å². The van der Waals surface area contributed by atoms with Crippen LogP contribution < -0.4 is 5.32 Å². The van der Waals surface area contributed by atoms with E-state index in [1.165, 1.54) is 0 Å². The molecule has 2 N–H and O–H groups in total. The van der Waals surface area contributed by atoms with Crippen LogP contribution >= 0.6 is 0 Å². The number of hydrogen-bond donors (Lipinski definition) is 2. The highest BCUT2D eigenvalue weighted by molar-refractivity contribution is 6.04. The van der Waals surface area contributed by atoms with Crippen LogP contribution in [0.15, 0.2) is 66.7 Å². The van der Waals surface area contributed by atoms with Crippen molar-refractivity contribution in [3.05, 3.63) is 83.4 Å². The number of carboxylic acid groups (broad SMARTS) is 1. The topological polar surface area (TPSA) is 75.6 Å². The van der Waals surface area contributed by atoms with E-state index in [1.54, 1.807) is 24.3 Å². The highest BCUT2D eigenvalue weighted by Crippen LogP contribution is 2.27. The predicted molar refractivity (Wildman–Crippen MR) is 99.1 cm³/mol. The molecule has 0 bridgehead atoms. The van der Waals surface area contributed by atoms with Gasteiger partial charge in [0.25, 0.3) is 0 Å². The first kappa shape index (κ1) is 17.5. The van der Waals surface area contributed by atoms with E-state index in [0.29, 0.717) is 5.39 Å². The Kier molecular flexibility index (Phi) is 5.17. The molecule has 3 aromatic rings. The number of benzene rings is 3. The van der Waals surface area contributed by atoms with E-state index in [1.807, 2.05) is 49.4 Å². The van der Waals surface area contributed by atoms with Crippen LogP contribution in [0.5, 0.6) is 0 Å². The quantitative estimate of drug-likeness (QED) is 0.710. The molecule has 0 fully saturated rings. The molecule has 0 aromatic heterocycles. The smallest absolute Gasteiger partial charge is 0.407 e. The number of ether oxygens (including phenoxy) is 1. The van der Waals surface area contributed by atoms with E-state index in [2.05, 4.69) is 5.32 Å². The van der Waals surface area contributed by atoms with Gasteiger partial charge in [-0.15, -0.1) is 0 Å².